The van der Waals surface area contributed by atoms with Crippen molar-refractivity contribution < 1.29 is 4.79 Å². The molecule has 0 unspecified atom stereocenters. The van der Waals surface area contributed by atoms with E-state index in [0.717, 1.165) is 16.9 Å². The maximum absolute atomic E-state index is 12.0. The number of carbonyl (C=O) groups excluding carboxylic acids is 1. The first-order chi connectivity index (χ1) is 11.2. The van der Waals surface area contributed by atoms with Gasteiger partial charge in [-0.1, -0.05) is 56.1 Å². The summed E-state index contributed by atoms with van der Waals surface area (Å²) in [6, 6.07) is 9.21. The average molecular weight is 362 g/mol. The van der Waals surface area contributed by atoms with Crippen molar-refractivity contribution in [3.05, 3.63) is 52.8 Å². The lowest BCUT2D eigenvalue weighted by Gasteiger charge is -2.17. The maximum atomic E-state index is 12.0. The smallest absolute Gasteiger partial charge is 0.229 e. The number of hydrogen-bond donors (Lipinski definition) is 1. The van der Waals surface area contributed by atoms with Crippen LogP contribution in [0.5, 0.6) is 0 Å². The van der Waals surface area contributed by atoms with E-state index in [9.17, 15) is 4.79 Å². The lowest BCUT2D eigenvalue weighted by atomic mass is 9.95. The van der Waals surface area contributed by atoms with Gasteiger partial charge in [0.05, 0.1) is 15.7 Å². The lowest BCUT2D eigenvalue weighted by molar-refractivity contribution is -0.123. The molecule has 2 aromatic heterocycles. The van der Waals surface area contributed by atoms with E-state index < -0.39 is 5.41 Å². The van der Waals surface area contributed by atoms with Gasteiger partial charge < -0.3 is 9.72 Å². The Morgan fingerprint density at radius 2 is 1.79 bits per heavy atom. The Balaban J connectivity index is 1.88. The Morgan fingerprint density at radius 1 is 1.12 bits per heavy atom. The summed E-state index contributed by atoms with van der Waals surface area (Å²) < 4.78 is 1.80. The molecule has 124 valence electrons. The quantitative estimate of drug-likeness (QED) is 0.673. The number of aromatic nitrogens is 2. The third-order valence-corrected chi connectivity index (χ3v) is 4.08. The number of imidazole rings is 1. The molecule has 1 amide bonds. The zero-order chi connectivity index (χ0) is 17.5. The number of pyridine rings is 1. The third-order valence-electron chi connectivity index (χ3n) is 3.59. The number of nitrogens with zero attached hydrogens (tertiary/aromatic N) is 2. The van der Waals surface area contributed by atoms with Crippen molar-refractivity contribution in [1.82, 2.24) is 9.38 Å². The topological polar surface area (TPSA) is 46.4 Å². The standard InChI is InChI=1S/C18H17Cl2N3O/c1-18(2,3)17(24)21-13-6-4-11(5-7-13)15-10-23-9-12(19)8-14(20)16(23)22-15/h4-10H,1-3H3,(H,21,24). The summed E-state index contributed by atoms with van der Waals surface area (Å²) in [6.07, 6.45) is 3.63. The molecule has 0 fully saturated rings. The van der Waals surface area contributed by atoms with Crippen LogP contribution in [0.2, 0.25) is 10.0 Å². The van der Waals surface area contributed by atoms with E-state index in [4.69, 9.17) is 23.2 Å². The predicted octanol–water partition coefficient (Wildman–Crippen LogP) is 5.29. The summed E-state index contributed by atoms with van der Waals surface area (Å²) in [5, 5.41) is 3.96. The number of rotatable bonds is 2. The second-order valence-corrected chi connectivity index (χ2v) is 7.49. The Kier molecular flexibility index (Phi) is 4.28. The Bertz CT molecular complexity index is 908. The molecule has 3 rings (SSSR count). The van der Waals surface area contributed by atoms with Crippen LogP contribution in [-0.4, -0.2) is 15.3 Å². The van der Waals surface area contributed by atoms with E-state index in [2.05, 4.69) is 10.3 Å². The zero-order valence-corrected chi connectivity index (χ0v) is 15.1. The van der Waals surface area contributed by atoms with Gasteiger partial charge in [-0.3, -0.25) is 4.79 Å². The van der Waals surface area contributed by atoms with Crippen LogP contribution in [-0.2, 0) is 4.79 Å². The second kappa shape index (κ2) is 6.11. The van der Waals surface area contributed by atoms with Gasteiger partial charge in [0.2, 0.25) is 5.91 Å². The molecule has 2 heterocycles. The van der Waals surface area contributed by atoms with Crippen molar-refractivity contribution in [1.29, 1.82) is 0 Å². The molecule has 6 heteroatoms. The summed E-state index contributed by atoms with van der Waals surface area (Å²) in [6.45, 7) is 5.63. The minimum atomic E-state index is -0.434. The van der Waals surface area contributed by atoms with Crippen LogP contribution in [0.3, 0.4) is 0 Å². The highest BCUT2D eigenvalue weighted by molar-refractivity contribution is 6.36. The fraction of sp³-hybridized carbons (Fsp3) is 0.222. The fourth-order valence-corrected chi connectivity index (χ4v) is 2.73. The molecule has 0 atom stereocenters. The van der Waals surface area contributed by atoms with Crippen LogP contribution in [0.1, 0.15) is 20.8 Å². The lowest BCUT2D eigenvalue weighted by Crippen LogP contribution is -2.27. The highest BCUT2D eigenvalue weighted by Gasteiger charge is 2.21. The summed E-state index contributed by atoms with van der Waals surface area (Å²) in [4.78, 5) is 16.6. The molecule has 0 aliphatic rings. The highest BCUT2D eigenvalue weighted by atomic mass is 35.5. The number of nitrogens with one attached hydrogen (secondary N) is 1. The second-order valence-electron chi connectivity index (χ2n) is 6.64. The number of halogens is 2. The monoisotopic (exact) mass is 361 g/mol. The molecule has 0 aliphatic carbocycles. The zero-order valence-electron chi connectivity index (χ0n) is 13.6. The fourth-order valence-electron chi connectivity index (χ4n) is 2.21. The van der Waals surface area contributed by atoms with Gasteiger partial charge in [-0.05, 0) is 18.2 Å². The number of hydrogen-bond acceptors (Lipinski definition) is 2. The number of benzene rings is 1. The molecule has 1 aromatic carbocycles. The molecule has 0 saturated heterocycles. The minimum absolute atomic E-state index is 0.0237. The molecule has 0 radical (unpaired) electrons. The van der Waals surface area contributed by atoms with E-state index in [-0.39, 0.29) is 5.91 Å². The van der Waals surface area contributed by atoms with Crippen molar-refractivity contribution in [3.63, 3.8) is 0 Å². The molecule has 0 saturated carbocycles. The van der Waals surface area contributed by atoms with Crippen LogP contribution in [0.25, 0.3) is 16.9 Å². The third kappa shape index (κ3) is 3.40. The van der Waals surface area contributed by atoms with Gasteiger partial charge in [-0.25, -0.2) is 4.98 Å². The molecule has 0 spiro atoms. The maximum Gasteiger partial charge on any atom is 0.229 e. The van der Waals surface area contributed by atoms with E-state index in [1.165, 1.54) is 0 Å². The van der Waals surface area contributed by atoms with Gasteiger partial charge in [0.15, 0.2) is 5.65 Å². The number of fused-ring (bicyclic) bond motifs is 1. The molecular formula is C18H17Cl2N3O. The van der Waals surface area contributed by atoms with Crippen molar-refractivity contribution in [2.45, 2.75) is 20.8 Å². The largest absolute Gasteiger partial charge is 0.326 e. The van der Waals surface area contributed by atoms with Crippen molar-refractivity contribution in [2.75, 3.05) is 5.32 Å². The first-order valence-corrected chi connectivity index (χ1v) is 8.25. The number of anilines is 1. The minimum Gasteiger partial charge on any atom is -0.326 e. The van der Waals surface area contributed by atoms with Crippen LogP contribution in [0.15, 0.2) is 42.7 Å². The van der Waals surface area contributed by atoms with Gasteiger partial charge >= 0.3 is 0 Å². The molecule has 4 nitrogen and oxygen atoms in total. The van der Waals surface area contributed by atoms with Gasteiger partial charge in [0.25, 0.3) is 0 Å². The van der Waals surface area contributed by atoms with Crippen LogP contribution in [0.4, 0.5) is 5.69 Å². The first-order valence-electron chi connectivity index (χ1n) is 7.50. The summed E-state index contributed by atoms with van der Waals surface area (Å²) in [7, 11) is 0. The van der Waals surface area contributed by atoms with E-state index in [0.29, 0.717) is 15.7 Å². The normalized spacial score (nSPS) is 11.7. The van der Waals surface area contributed by atoms with Crippen molar-refractivity contribution >= 4 is 40.4 Å². The van der Waals surface area contributed by atoms with Crippen LogP contribution < -0.4 is 5.32 Å². The molecule has 1 N–H and O–H groups in total. The average Bonchev–Trinajstić information content (AvgIpc) is 2.91. The van der Waals surface area contributed by atoms with Crippen molar-refractivity contribution in [2.24, 2.45) is 5.41 Å². The Morgan fingerprint density at radius 3 is 2.42 bits per heavy atom. The van der Waals surface area contributed by atoms with Gasteiger partial charge in [0.1, 0.15) is 0 Å². The predicted molar refractivity (Wildman–Crippen MR) is 98.7 cm³/mol. The Labute approximate surface area is 150 Å². The number of carbonyl (C=O) groups is 1. The summed E-state index contributed by atoms with van der Waals surface area (Å²) in [5.41, 5.74) is 2.69. The SMILES string of the molecule is CC(C)(C)C(=O)Nc1ccc(-c2cn3cc(Cl)cc(Cl)c3n2)cc1. The van der Waals surface area contributed by atoms with E-state index in [1.807, 2.05) is 51.2 Å². The first kappa shape index (κ1) is 16.8. The summed E-state index contributed by atoms with van der Waals surface area (Å²) in [5.74, 6) is -0.0237. The molecule has 0 bridgehead atoms. The van der Waals surface area contributed by atoms with Gasteiger partial charge in [-0.2, -0.15) is 0 Å². The van der Waals surface area contributed by atoms with Gasteiger partial charge in [-0.15, -0.1) is 0 Å². The highest BCUT2D eigenvalue weighted by Crippen LogP contribution is 2.27. The molecule has 3 aromatic rings. The Hall–Kier alpha value is -2.04. The van der Waals surface area contributed by atoms with Gasteiger partial charge in [0, 0.05) is 29.1 Å². The van der Waals surface area contributed by atoms with E-state index >= 15 is 0 Å². The number of amides is 1. The van der Waals surface area contributed by atoms with E-state index in [1.54, 1.807) is 16.7 Å². The summed E-state index contributed by atoms with van der Waals surface area (Å²) >= 11 is 12.2. The molecule has 0 aliphatic heterocycles. The molecular weight excluding hydrogens is 345 g/mol. The van der Waals surface area contributed by atoms with Crippen molar-refractivity contribution in [3.8, 4) is 11.3 Å². The van der Waals surface area contributed by atoms with Crippen LogP contribution >= 0.6 is 23.2 Å². The van der Waals surface area contributed by atoms with Crippen LogP contribution in [0, 0.1) is 5.41 Å². The molecule has 24 heavy (non-hydrogen) atoms.